The number of cyclic esters (lactones) is 1. The predicted molar refractivity (Wildman–Crippen MR) is 60.2 cm³/mol. The van der Waals surface area contributed by atoms with E-state index in [0.717, 1.165) is 17.5 Å². The molecule has 1 aliphatic rings. The summed E-state index contributed by atoms with van der Waals surface area (Å²) in [7, 11) is 0. The molecule has 3 nitrogen and oxygen atoms in total. The standard InChI is InChI=1S/C11H12FNO2.ClH/c1-7-6-8(12)2-3-9(7)10-4-5-15-11(14)13-10;/h2-3,6,10H,4-5H2,1H3,(H,13,14);1H/t10-;/m1./s1. The molecule has 1 fully saturated rings. The summed E-state index contributed by atoms with van der Waals surface area (Å²) in [6.45, 7) is 2.24. The van der Waals surface area contributed by atoms with E-state index >= 15 is 0 Å². The summed E-state index contributed by atoms with van der Waals surface area (Å²) in [5, 5.41) is 2.71. The molecule has 1 aromatic carbocycles. The van der Waals surface area contributed by atoms with Crippen molar-refractivity contribution in [2.24, 2.45) is 0 Å². The first-order valence-corrected chi connectivity index (χ1v) is 4.86. The number of benzene rings is 1. The predicted octanol–water partition coefficient (Wildman–Crippen LogP) is 2.73. The van der Waals surface area contributed by atoms with E-state index in [0.29, 0.717) is 6.61 Å². The second kappa shape index (κ2) is 5.16. The van der Waals surface area contributed by atoms with Crippen molar-refractivity contribution in [3.05, 3.63) is 35.1 Å². The number of nitrogens with one attached hydrogen (secondary N) is 1. The molecular weight excluding hydrogens is 233 g/mol. The number of ether oxygens (including phenoxy) is 1. The molecule has 2 rings (SSSR count). The van der Waals surface area contributed by atoms with Gasteiger partial charge in [-0.3, -0.25) is 0 Å². The molecule has 88 valence electrons. The lowest BCUT2D eigenvalue weighted by molar-refractivity contribution is 0.115. The van der Waals surface area contributed by atoms with Crippen LogP contribution < -0.4 is 5.32 Å². The van der Waals surface area contributed by atoms with Crippen molar-refractivity contribution < 1.29 is 13.9 Å². The molecule has 1 N–H and O–H groups in total. The summed E-state index contributed by atoms with van der Waals surface area (Å²) in [5.41, 5.74) is 1.80. The molecular formula is C11H13ClFNO2. The number of amides is 1. The van der Waals surface area contributed by atoms with Gasteiger partial charge >= 0.3 is 6.09 Å². The number of alkyl carbamates (subject to hydrolysis) is 1. The molecule has 0 aliphatic carbocycles. The average Bonchev–Trinajstić information content (AvgIpc) is 2.17. The van der Waals surface area contributed by atoms with Gasteiger partial charge in [-0.1, -0.05) is 6.07 Å². The minimum atomic E-state index is -0.407. The number of halogens is 2. The van der Waals surface area contributed by atoms with Crippen LogP contribution in [-0.2, 0) is 4.74 Å². The van der Waals surface area contributed by atoms with Crippen LogP contribution in [0.3, 0.4) is 0 Å². The molecule has 0 radical (unpaired) electrons. The van der Waals surface area contributed by atoms with Crippen LogP contribution in [0.15, 0.2) is 18.2 Å². The van der Waals surface area contributed by atoms with Crippen molar-refractivity contribution in [3.63, 3.8) is 0 Å². The van der Waals surface area contributed by atoms with Gasteiger partial charge in [-0.05, 0) is 30.2 Å². The Morgan fingerprint density at radius 1 is 1.50 bits per heavy atom. The minimum absolute atomic E-state index is 0. The SMILES string of the molecule is Cc1cc(F)ccc1[C@H]1CCOC(=O)N1.Cl. The maximum Gasteiger partial charge on any atom is 0.407 e. The van der Waals surface area contributed by atoms with E-state index in [2.05, 4.69) is 5.32 Å². The Kier molecular flexibility index (Phi) is 4.12. The van der Waals surface area contributed by atoms with E-state index in [4.69, 9.17) is 4.74 Å². The van der Waals surface area contributed by atoms with Gasteiger partial charge in [0.15, 0.2) is 0 Å². The van der Waals surface area contributed by atoms with E-state index in [1.54, 1.807) is 6.07 Å². The van der Waals surface area contributed by atoms with Crippen LogP contribution in [0.25, 0.3) is 0 Å². The van der Waals surface area contributed by atoms with Gasteiger partial charge in [0.25, 0.3) is 0 Å². The van der Waals surface area contributed by atoms with Gasteiger partial charge in [0.2, 0.25) is 0 Å². The molecule has 0 aromatic heterocycles. The van der Waals surface area contributed by atoms with Crippen LogP contribution in [0, 0.1) is 12.7 Å². The summed E-state index contributed by atoms with van der Waals surface area (Å²) in [4.78, 5) is 11.0. The van der Waals surface area contributed by atoms with E-state index in [-0.39, 0.29) is 24.3 Å². The van der Waals surface area contributed by atoms with E-state index < -0.39 is 6.09 Å². The van der Waals surface area contributed by atoms with Crippen LogP contribution >= 0.6 is 12.4 Å². The van der Waals surface area contributed by atoms with Crippen molar-refractivity contribution in [2.45, 2.75) is 19.4 Å². The number of aryl methyl sites for hydroxylation is 1. The van der Waals surface area contributed by atoms with E-state index in [9.17, 15) is 9.18 Å². The fraction of sp³-hybridized carbons (Fsp3) is 0.364. The third-order valence-corrected chi connectivity index (χ3v) is 2.54. The van der Waals surface area contributed by atoms with Crippen molar-refractivity contribution in [3.8, 4) is 0 Å². The topological polar surface area (TPSA) is 38.3 Å². The Morgan fingerprint density at radius 3 is 2.88 bits per heavy atom. The smallest absolute Gasteiger partial charge is 0.407 e. The highest BCUT2D eigenvalue weighted by Crippen LogP contribution is 2.23. The molecule has 16 heavy (non-hydrogen) atoms. The van der Waals surface area contributed by atoms with Crippen LogP contribution in [0.1, 0.15) is 23.6 Å². The largest absolute Gasteiger partial charge is 0.449 e. The van der Waals surface area contributed by atoms with E-state index in [1.807, 2.05) is 6.92 Å². The zero-order valence-corrected chi connectivity index (χ0v) is 9.64. The second-order valence-corrected chi connectivity index (χ2v) is 3.62. The third kappa shape index (κ3) is 2.64. The lowest BCUT2D eigenvalue weighted by Crippen LogP contribution is -2.35. The van der Waals surface area contributed by atoms with E-state index in [1.165, 1.54) is 12.1 Å². The van der Waals surface area contributed by atoms with Gasteiger partial charge in [-0.25, -0.2) is 9.18 Å². The van der Waals surface area contributed by atoms with Gasteiger partial charge < -0.3 is 10.1 Å². The monoisotopic (exact) mass is 245 g/mol. The molecule has 1 atom stereocenters. The number of carbonyl (C=O) groups is 1. The van der Waals surface area contributed by atoms with Crippen LogP contribution in [0.5, 0.6) is 0 Å². The van der Waals surface area contributed by atoms with Crippen molar-refractivity contribution in [1.82, 2.24) is 5.32 Å². The molecule has 1 aromatic rings. The van der Waals surface area contributed by atoms with Crippen LogP contribution in [0.2, 0.25) is 0 Å². The average molecular weight is 246 g/mol. The zero-order chi connectivity index (χ0) is 10.8. The van der Waals surface area contributed by atoms with Crippen molar-refractivity contribution in [2.75, 3.05) is 6.61 Å². The first kappa shape index (κ1) is 12.8. The highest BCUT2D eigenvalue weighted by molar-refractivity contribution is 5.85. The Morgan fingerprint density at radius 2 is 2.25 bits per heavy atom. The number of hydrogen-bond donors (Lipinski definition) is 1. The molecule has 1 heterocycles. The molecule has 1 amide bonds. The molecule has 0 bridgehead atoms. The Bertz CT molecular complexity index is 398. The fourth-order valence-electron chi connectivity index (χ4n) is 1.79. The Labute approximate surface area is 99.4 Å². The summed E-state index contributed by atoms with van der Waals surface area (Å²) >= 11 is 0. The third-order valence-electron chi connectivity index (χ3n) is 2.54. The van der Waals surface area contributed by atoms with Gasteiger partial charge in [0.05, 0.1) is 12.6 Å². The van der Waals surface area contributed by atoms with Gasteiger partial charge in [0.1, 0.15) is 5.82 Å². The normalized spacial score (nSPS) is 19.4. The summed E-state index contributed by atoms with van der Waals surface area (Å²) in [5.74, 6) is -0.255. The lowest BCUT2D eigenvalue weighted by Gasteiger charge is -2.24. The van der Waals surface area contributed by atoms with Gasteiger partial charge in [-0.2, -0.15) is 0 Å². The Hall–Kier alpha value is -1.29. The lowest BCUT2D eigenvalue weighted by atomic mass is 9.98. The molecule has 1 saturated heterocycles. The molecule has 0 saturated carbocycles. The maximum atomic E-state index is 12.9. The molecule has 0 spiro atoms. The maximum absolute atomic E-state index is 12.9. The fourth-order valence-corrected chi connectivity index (χ4v) is 1.79. The molecule has 5 heteroatoms. The zero-order valence-electron chi connectivity index (χ0n) is 8.83. The second-order valence-electron chi connectivity index (χ2n) is 3.62. The molecule has 1 aliphatic heterocycles. The van der Waals surface area contributed by atoms with Crippen molar-refractivity contribution in [1.29, 1.82) is 0 Å². The summed E-state index contributed by atoms with van der Waals surface area (Å²) < 4.78 is 17.6. The number of hydrogen-bond acceptors (Lipinski definition) is 2. The molecule has 0 unspecified atom stereocenters. The number of carbonyl (C=O) groups excluding carboxylic acids is 1. The first-order chi connectivity index (χ1) is 7.16. The van der Waals surface area contributed by atoms with Crippen LogP contribution in [0.4, 0.5) is 9.18 Å². The Balaban J connectivity index is 0.00000128. The number of rotatable bonds is 1. The quantitative estimate of drug-likeness (QED) is 0.826. The highest BCUT2D eigenvalue weighted by atomic mass is 35.5. The first-order valence-electron chi connectivity index (χ1n) is 4.86. The summed E-state index contributed by atoms with van der Waals surface area (Å²) in [6, 6.07) is 4.52. The van der Waals surface area contributed by atoms with Crippen molar-refractivity contribution >= 4 is 18.5 Å². The van der Waals surface area contributed by atoms with Gasteiger partial charge in [-0.15, -0.1) is 12.4 Å². The van der Waals surface area contributed by atoms with Gasteiger partial charge in [0, 0.05) is 6.42 Å². The van der Waals surface area contributed by atoms with Crippen LogP contribution in [-0.4, -0.2) is 12.7 Å². The summed E-state index contributed by atoms with van der Waals surface area (Å²) in [6.07, 6.45) is 0.313. The minimum Gasteiger partial charge on any atom is -0.449 e. The highest BCUT2D eigenvalue weighted by Gasteiger charge is 2.21.